The van der Waals surface area contributed by atoms with Gasteiger partial charge in [-0.15, -0.1) is 0 Å². The van der Waals surface area contributed by atoms with Crippen LogP contribution >= 0.6 is 0 Å². The van der Waals surface area contributed by atoms with Crippen LogP contribution in [0.4, 0.5) is 0 Å². The van der Waals surface area contributed by atoms with Gasteiger partial charge in [0.2, 0.25) is 0 Å². The van der Waals surface area contributed by atoms with Crippen LogP contribution in [0.25, 0.3) is 0 Å². The summed E-state index contributed by atoms with van der Waals surface area (Å²) >= 11 is 0. The van der Waals surface area contributed by atoms with Crippen LogP contribution in [0.3, 0.4) is 0 Å². The Morgan fingerprint density at radius 1 is 1.25 bits per heavy atom. The lowest BCUT2D eigenvalue weighted by molar-refractivity contribution is 0.183. The normalized spacial score (nSPS) is 30.8. The summed E-state index contributed by atoms with van der Waals surface area (Å²) in [6.07, 6.45) is 7.05. The van der Waals surface area contributed by atoms with Gasteiger partial charge in [-0.3, -0.25) is 9.20 Å². The molecule has 0 aromatic rings. The lowest BCUT2D eigenvalue weighted by Crippen LogP contribution is -2.49. The van der Waals surface area contributed by atoms with Crippen LogP contribution in [-0.4, -0.2) is 65.3 Å². The van der Waals surface area contributed by atoms with E-state index in [2.05, 4.69) is 27.4 Å². The molecule has 0 amide bonds. The zero-order chi connectivity index (χ0) is 17.4. The van der Waals surface area contributed by atoms with Crippen LogP contribution in [0.15, 0.2) is 4.99 Å². The van der Waals surface area contributed by atoms with Gasteiger partial charge in [-0.2, -0.15) is 0 Å². The summed E-state index contributed by atoms with van der Waals surface area (Å²) in [4.78, 5) is 6.94. The molecule has 1 saturated heterocycles. The molecule has 2 N–H and O–H groups in total. The summed E-state index contributed by atoms with van der Waals surface area (Å²) in [5.74, 6) is 2.40. The molecule has 0 aromatic heterocycles. The van der Waals surface area contributed by atoms with E-state index < -0.39 is 10.8 Å². The second-order valence-corrected chi connectivity index (χ2v) is 9.16. The van der Waals surface area contributed by atoms with Gasteiger partial charge in [0.25, 0.3) is 0 Å². The third-order valence-corrected chi connectivity index (χ3v) is 7.20. The molecule has 24 heavy (non-hydrogen) atoms. The third-order valence-electron chi connectivity index (χ3n) is 5.46. The Kier molecular flexibility index (Phi) is 8.53. The second kappa shape index (κ2) is 10.4. The highest BCUT2D eigenvalue weighted by Gasteiger charge is 2.26. The van der Waals surface area contributed by atoms with Gasteiger partial charge in [0.15, 0.2) is 5.96 Å². The summed E-state index contributed by atoms with van der Waals surface area (Å²) in [6.45, 7) is 8.86. The van der Waals surface area contributed by atoms with E-state index in [9.17, 15) is 4.21 Å². The minimum atomic E-state index is -0.669. The molecule has 1 heterocycles. The lowest BCUT2D eigenvalue weighted by atomic mass is 9.95. The SMILES string of the molecule is CCN1CCCC(CNC(=NC)NC2CCCC(S(=O)CC)C2)C1. The Morgan fingerprint density at radius 2 is 2.08 bits per heavy atom. The summed E-state index contributed by atoms with van der Waals surface area (Å²) < 4.78 is 12.1. The fraction of sp³-hybridized carbons (Fsp3) is 0.944. The molecule has 5 nitrogen and oxygen atoms in total. The van der Waals surface area contributed by atoms with Gasteiger partial charge in [-0.1, -0.05) is 20.3 Å². The second-order valence-electron chi connectivity index (χ2n) is 7.15. The van der Waals surface area contributed by atoms with Crippen LogP contribution in [-0.2, 0) is 10.8 Å². The van der Waals surface area contributed by atoms with Gasteiger partial charge in [0.05, 0.1) is 0 Å². The Hall–Kier alpha value is -0.620. The molecule has 1 saturated carbocycles. The first-order valence-electron chi connectivity index (χ1n) is 9.72. The van der Waals surface area contributed by atoms with E-state index in [1.54, 1.807) is 0 Å². The molecule has 2 fully saturated rings. The minimum absolute atomic E-state index is 0.357. The maximum Gasteiger partial charge on any atom is 0.191 e. The molecule has 6 heteroatoms. The average Bonchev–Trinajstić information content (AvgIpc) is 2.64. The maximum atomic E-state index is 12.1. The molecule has 4 unspecified atom stereocenters. The first-order valence-corrected chi connectivity index (χ1v) is 11.1. The van der Waals surface area contributed by atoms with Crippen molar-refractivity contribution in [2.24, 2.45) is 10.9 Å². The number of nitrogens with zero attached hydrogens (tertiary/aromatic N) is 2. The number of hydrogen-bond acceptors (Lipinski definition) is 3. The first kappa shape index (κ1) is 19.7. The van der Waals surface area contributed by atoms with Crippen molar-refractivity contribution in [3.05, 3.63) is 0 Å². The molecular formula is C18H36N4OS. The van der Waals surface area contributed by atoms with Crippen molar-refractivity contribution in [2.45, 2.75) is 63.7 Å². The quantitative estimate of drug-likeness (QED) is 0.564. The highest BCUT2D eigenvalue weighted by atomic mass is 32.2. The first-order chi connectivity index (χ1) is 11.7. The number of hydrogen-bond donors (Lipinski definition) is 2. The van der Waals surface area contributed by atoms with E-state index in [-0.39, 0.29) is 0 Å². The summed E-state index contributed by atoms with van der Waals surface area (Å²) in [7, 11) is 1.18. The number of aliphatic imine (C=N–C) groups is 1. The number of piperidine rings is 1. The highest BCUT2D eigenvalue weighted by molar-refractivity contribution is 7.85. The molecule has 0 bridgehead atoms. The number of likely N-dealkylation sites (tertiary alicyclic amines) is 1. The zero-order valence-electron chi connectivity index (χ0n) is 15.7. The van der Waals surface area contributed by atoms with Crippen molar-refractivity contribution in [1.82, 2.24) is 15.5 Å². The Labute approximate surface area is 150 Å². The Balaban J connectivity index is 1.76. The Bertz CT molecular complexity index is 429. The van der Waals surface area contributed by atoms with E-state index in [1.165, 1.54) is 32.4 Å². The van der Waals surface area contributed by atoms with E-state index in [0.29, 0.717) is 17.2 Å². The van der Waals surface area contributed by atoms with Crippen LogP contribution in [0, 0.1) is 5.92 Å². The molecule has 0 aromatic carbocycles. The van der Waals surface area contributed by atoms with Gasteiger partial charge < -0.3 is 15.5 Å². The summed E-state index contributed by atoms with van der Waals surface area (Å²) in [5.41, 5.74) is 0. The molecule has 2 aliphatic rings. The Morgan fingerprint density at radius 3 is 2.79 bits per heavy atom. The molecule has 0 spiro atoms. The molecule has 4 atom stereocenters. The van der Waals surface area contributed by atoms with Crippen molar-refractivity contribution in [3.63, 3.8) is 0 Å². The van der Waals surface area contributed by atoms with Crippen molar-refractivity contribution in [2.75, 3.05) is 39.0 Å². The maximum absolute atomic E-state index is 12.1. The van der Waals surface area contributed by atoms with E-state index >= 15 is 0 Å². The van der Waals surface area contributed by atoms with E-state index in [4.69, 9.17) is 0 Å². The predicted molar refractivity (Wildman–Crippen MR) is 104 cm³/mol. The lowest BCUT2D eigenvalue weighted by Gasteiger charge is -2.33. The molecular weight excluding hydrogens is 320 g/mol. The minimum Gasteiger partial charge on any atom is -0.356 e. The van der Waals surface area contributed by atoms with Crippen LogP contribution in [0.1, 0.15) is 52.4 Å². The third kappa shape index (κ3) is 6.03. The van der Waals surface area contributed by atoms with Gasteiger partial charge in [0.1, 0.15) is 0 Å². The monoisotopic (exact) mass is 356 g/mol. The number of nitrogens with one attached hydrogen (secondary N) is 2. The molecule has 0 radical (unpaired) electrons. The van der Waals surface area contributed by atoms with Crippen LogP contribution in [0.5, 0.6) is 0 Å². The number of guanidine groups is 1. The fourth-order valence-corrected chi connectivity index (χ4v) is 5.33. The van der Waals surface area contributed by atoms with Crippen molar-refractivity contribution >= 4 is 16.8 Å². The largest absolute Gasteiger partial charge is 0.356 e. The topological polar surface area (TPSA) is 56.7 Å². The van der Waals surface area contributed by atoms with Gasteiger partial charge >= 0.3 is 0 Å². The van der Waals surface area contributed by atoms with Crippen LogP contribution in [0.2, 0.25) is 0 Å². The average molecular weight is 357 g/mol. The standard InChI is InChI=1S/C18H36N4OS/c1-4-22-11-7-8-15(14-22)13-20-18(19-3)21-16-9-6-10-17(12-16)24(23)5-2/h15-17H,4-14H2,1-3H3,(H2,19,20,21). The summed E-state index contributed by atoms with van der Waals surface area (Å²) in [5, 5.41) is 7.45. The molecule has 2 rings (SSSR count). The fourth-order valence-electron chi connectivity index (χ4n) is 3.98. The van der Waals surface area contributed by atoms with Gasteiger partial charge in [-0.25, -0.2) is 0 Å². The van der Waals surface area contributed by atoms with E-state index in [1.807, 2.05) is 14.0 Å². The van der Waals surface area contributed by atoms with Crippen molar-refractivity contribution in [1.29, 1.82) is 0 Å². The molecule has 1 aliphatic heterocycles. The molecule has 140 valence electrons. The van der Waals surface area contributed by atoms with Gasteiger partial charge in [0, 0.05) is 48.0 Å². The smallest absolute Gasteiger partial charge is 0.191 e. The van der Waals surface area contributed by atoms with Crippen molar-refractivity contribution < 1.29 is 4.21 Å². The van der Waals surface area contributed by atoms with Gasteiger partial charge in [-0.05, 0) is 51.1 Å². The number of rotatable bonds is 6. The zero-order valence-corrected chi connectivity index (χ0v) is 16.5. The van der Waals surface area contributed by atoms with E-state index in [0.717, 1.165) is 44.1 Å². The van der Waals surface area contributed by atoms with Crippen LogP contribution < -0.4 is 10.6 Å². The van der Waals surface area contributed by atoms with Crippen molar-refractivity contribution in [3.8, 4) is 0 Å². The predicted octanol–water partition coefficient (Wildman–Crippen LogP) is 1.96. The highest BCUT2D eigenvalue weighted by Crippen LogP contribution is 2.23. The summed E-state index contributed by atoms with van der Waals surface area (Å²) in [6, 6.07) is 0.406. The molecule has 1 aliphatic carbocycles.